The molecule has 0 spiro atoms. The number of hydrogen-bond acceptors (Lipinski definition) is 13. The number of fused-ring (bicyclic) bond motifs is 2. The standard InChI is InChI=1S/C26H32F3NO7S2.C22H24F3NO7S2/c1-25(2,3)37-24(31)16-36-23-12-8-10-20-21(23)9-6-7-11-22(20)30(4)39(34,35)19-14-17(26(27,28)29)13-18(15-19)38(5,32)33;1-26(19-8-4-3-6-18-17(19)7-5-9-20(18)33-13-21(27)28)35(31,32)16-11-14(22(23,24)25)10-15(12-16)34(2,29)30/h8,10,12-15,22H,6-7,9,11,16H2,1-5H3;5,7,9-12,19H,3-4,6,8,13H2,1-2H3,(H,27,28). The molecule has 0 saturated carbocycles. The SMILES string of the molecule is CN(C1CCCCc2c(OCC(=O)O)cccc21)S(=O)(=O)c1cc(C(F)(F)F)cc(S(C)(=O)=O)c1.CN(C1CCCCc2c(OCC(=O)OC(C)(C)C)cccc21)S(=O)(=O)c1cc(C(F)(F)F)cc(S(C)(=O)=O)c1. The molecule has 0 bridgehead atoms. The van der Waals surface area contributed by atoms with Gasteiger partial charge in [0, 0.05) is 26.6 Å². The number of halogens is 6. The van der Waals surface area contributed by atoms with Gasteiger partial charge in [0.15, 0.2) is 32.9 Å². The van der Waals surface area contributed by atoms with E-state index in [1.54, 1.807) is 57.2 Å². The Kier molecular flexibility index (Phi) is 18.1. The molecule has 0 amide bonds. The molecular formula is C48H56F6N2O14S4. The third-order valence-electron chi connectivity index (χ3n) is 12.0. The third kappa shape index (κ3) is 14.8. The number of carboxylic acid groups (broad SMARTS) is 1. The molecule has 0 saturated heterocycles. The fraction of sp³-hybridized carbons (Fsp3) is 0.458. The zero-order valence-electron chi connectivity index (χ0n) is 41.2. The summed E-state index contributed by atoms with van der Waals surface area (Å²) in [6, 6.07) is 11.4. The van der Waals surface area contributed by atoms with Crippen LogP contribution < -0.4 is 9.47 Å². The van der Waals surface area contributed by atoms with Crippen LogP contribution in [-0.4, -0.2) is 105 Å². The summed E-state index contributed by atoms with van der Waals surface area (Å²) < 4.78 is 202. The van der Waals surface area contributed by atoms with Crippen molar-refractivity contribution in [3.05, 3.63) is 106 Å². The summed E-state index contributed by atoms with van der Waals surface area (Å²) in [6.07, 6.45) is -4.21. The van der Waals surface area contributed by atoms with Gasteiger partial charge in [0.2, 0.25) is 20.0 Å². The van der Waals surface area contributed by atoms with Crippen LogP contribution in [0.3, 0.4) is 0 Å². The van der Waals surface area contributed by atoms with Crippen LogP contribution in [0.4, 0.5) is 26.3 Å². The van der Waals surface area contributed by atoms with Crippen molar-refractivity contribution in [3.63, 3.8) is 0 Å². The second-order valence-corrected chi connectivity index (χ2v) is 26.7. The van der Waals surface area contributed by atoms with Gasteiger partial charge < -0.3 is 19.3 Å². The number of carbonyl (C=O) groups excluding carboxylic acids is 1. The van der Waals surface area contributed by atoms with Crippen molar-refractivity contribution in [3.8, 4) is 11.5 Å². The van der Waals surface area contributed by atoms with Crippen LogP contribution in [0.25, 0.3) is 0 Å². The Hall–Kier alpha value is -5.28. The number of carbonyl (C=O) groups is 2. The summed E-state index contributed by atoms with van der Waals surface area (Å²) in [7, 11) is -14.9. The molecule has 6 rings (SSSR count). The van der Waals surface area contributed by atoms with Crippen molar-refractivity contribution < 1.29 is 88.9 Å². The quantitative estimate of drug-likeness (QED) is 0.0709. The van der Waals surface area contributed by atoms with E-state index in [-0.39, 0.29) is 6.61 Å². The van der Waals surface area contributed by atoms with Gasteiger partial charge in [0.1, 0.15) is 17.1 Å². The molecule has 0 heterocycles. The number of benzene rings is 4. The average Bonchev–Trinajstić information content (AvgIpc) is 3.65. The molecule has 1 N–H and O–H groups in total. The first-order chi connectivity index (χ1) is 33.9. The summed E-state index contributed by atoms with van der Waals surface area (Å²) in [5.74, 6) is -1.08. The minimum absolute atomic E-state index is 0.293. The van der Waals surface area contributed by atoms with Gasteiger partial charge in [-0.3, -0.25) is 0 Å². The first kappa shape index (κ1) is 59.6. The number of hydrogen-bond donors (Lipinski definition) is 1. The zero-order valence-corrected chi connectivity index (χ0v) is 44.5. The highest BCUT2D eigenvalue weighted by Gasteiger charge is 2.39. The predicted molar refractivity (Wildman–Crippen MR) is 257 cm³/mol. The minimum Gasteiger partial charge on any atom is -0.482 e. The van der Waals surface area contributed by atoms with E-state index in [1.165, 1.54) is 14.1 Å². The summed E-state index contributed by atoms with van der Waals surface area (Å²) in [4.78, 5) is 20.0. The first-order valence-electron chi connectivity index (χ1n) is 22.7. The highest BCUT2D eigenvalue weighted by Crippen LogP contribution is 2.43. The first-order valence-corrected chi connectivity index (χ1v) is 29.3. The highest BCUT2D eigenvalue weighted by molar-refractivity contribution is 7.91. The lowest BCUT2D eigenvalue weighted by molar-refractivity contribution is -0.157. The van der Waals surface area contributed by atoms with Gasteiger partial charge in [0.25, 0.3) is 0 Å². The average molecular weight is 1130 g/mol. The van der Waals surface area contributed by atoms with Crippen molar-refractivity contribution in [2.45, 2.75) is 122 Å². The van der Waals surface area contributed by atoms with Crippen LogP contribution in [-0.2, 0) is 79.2 Å². The van der Waals surface area contributed by atoms with Gasteiger partial charge in [-0.05, 0) is 130 Å². The molecule has 0 radical (unpaired) electrons. The van der Waals surface area contributed by atoms with Crippen LogP contribution in [0.15, 0.2) is 92.4 Å². The largest absolute Gasteiger partial charge is 0.482 e. The van der Waals surface area contributed by atoms with Gasteiger partial charge in [-0.2, -0.15) is 35.0 Å². The molecule has 0 aromatic heterocycles. The number of aliphatic carboxylic acids is 1. The molecule has 408 valence electrons. The number of carboxylic acids is 1. The number of esters is 1. The second-order valence-electron chi connectivity index (χ2n) is 18.7. The van der Waals surface area contributed by atoms with Crippen molar-refractivity contribution in [2.24, 2.45) is 0 Å². The molecule has 74 heavy (non-hydrogen) atoms. The maximum absolute atomic E-state index is 13.6. The Morgan fingerprint density at radius 2 is 0.946 bits per heavy atom. The zero-order chi connectivity index (χ0) is 55.6. The van der Waals surface area contributed by atoms with Crippen LogP contribution in [0.5, 0.6) is 11.5 Å². The molecule has 2 aliphatic carbocycles. The van der Waals surface area contributed by atoms with Gasteiger partial charge in [-0.25, -0.2) is 43.3 Å². The van der Waals surface area contributed by atoms with Gasteiger partial charge in [0.05, 0.1) is 42.8 Å². The molecule has 26 heteroatoms. The third-order valence-corrected chi connectivity index (χ3v) is 17.9. The number of alkyl halides is 6. The number of sulfonamides is 2. The molecule has 0 aliphatic heterocycles. The molecule has 16 nitrogen and oxygen atoms in total. The van der Waals surface area contributed by atoms with E-state index < -0.39 is 119 Å². The monoisotopic (exact) mass is 1130 g/mol. The van der Waals surface area contributed by atoms with Crippen LogP contribution >= 0.6 is 0 Å². The summed E-state index contributed by atoms with van der Waals surface area (Å²) in [5, 5.41) is 8.93. The van der Waals surface area contributed by atoms with Crippen molar-refractivity contribution in [1.82, 2.24) is 8.61 Å². The lowest BCUT2D eigenvalue weighted by Gasteiger charge is -2.29. The lowest BCUT2D eigenvalue weighted by Crippen LogP contribution is -2.32. The fourth-order valence-electron chi connectivity index (χ4n) is 8.45. The van der Waals surface area contributed by atoms with Crippen LogP contribution in [0, 0.1) is 0 Å². The molecule has 0 fully saturated rings. The molecular weight excluding hydrogens is 1070 g/mol. The number of rotatable bonds is 14. The van der Waals surface area contributed by atoms with Crippen molar-refractivity contribution in [2.75, 3.05) is 39.8 Å². The van der Waals surface area contributed by atoms with E-state index in [4.69, 9.17) is 19.3 Å². The highest BCUT2D eigenvalue weighted by atomic mass is 32.2. The minimum atomic E-state index is -4.96. The Morgan fingerprint density at radius 3 is 1.28 bits per heavy atom. The maximum atomic E-state index is 13.6. The second kappa shape index (κ2) is 22.5. The van der Waals surface area contributed by atoms with E-state index >= 15 is 0 Å². The van der Waals surface area contributed by atoms with E-state index in [1.807, 2.05) is 0 Å². The molecule has 2 atom stereocenters. The Morgan fingerprint density at radius 1 is 0.581 bits per heavy atom. The lowest BCUT2D eigenvalue weighted by atomic mass is 9.98. The maximum Gasteiger partial charge on any atom is 0.416 e. The number of ether oxygens (including phenoxy) is 3. The summed E-state index contributed by atoms with van der Waals surface area (Å²) in [6.45, 7) is 4.23. The fourth-order valence-corrected chi connectivity index (χ4v) is 12.8. The number of sulfone groups is 2. The Balaban J connectivity index is 0.000000276. The van der Waals surface area contributed by atoms with Crippen molar-refractivity contribution in [1.29, 1.82) is 0 Å². The summed E-state index contributed by atoms with van der Waals surface area (Å²) in [5.41, 5.74) is -1.01. The molecule has 4 aromatic carbocycles. The van der Waals surface area contributed by atoms with Crippen LogP contribution in [0.2, 0.25) is 0 Å². The Bertz CT molecular complexity index is 3210. The van der Waals surface area contributed by atoms with E-state index in [0.29, 0.717) is 122 Å². The number of nitrogens with zero attached hydrogens (tertiary/aromatic N) is 2. The van der Waals surface area contributed by atoms with Crippen molar-refractivity contribution >= 4 is 51.7 Å². The van der Waals surface area contributed by atoms with E-state index in [9.17, 15) is 69.6 Å². The normalized spacial score (nSPS) is 17.0. The van der Waals surface area contributed by atoms with Gasteiger partial charge in [-0.1, -0.05) is 37.1 Å². The predicted octanol–water partition coefficient (Wildman–Crippen LogP) is 8.58. The van der Waals surface area contributed by atoms with Crippen LogP contribution in [0.1, 0.15) is 105 Å². The molecule has 2 aliphatic rings. The summed E-state index contributed by atoms with van der Waals surface area (Å²) >= 11 is 0. The smallest absolute Gasteiger partial charge is 0.416 e. The Labute approximate surface area is 426 Å². The van der Waals surface area contributed by atoms with Gasteiger partial charge in [-0.15, -0.1) is 0 Å². The van der Waals surface area contributed by atoms with Gasteiger partial charge >= 0.3 is 24.3 Å². The molecule has 2 unspecified atom stereocenters. The van der Waals surface area contributed by atoms with E-state index in [2.05, 4.69) is 0 Å². The van der Waals surface area contributed by atoms with E-state index in [0.717, 1.165) is 20.7 Å². The topological polar surface area (TPSA) is 225 Å². The molecule has 4 aromatic rings.